The molecule has 0 saturated heterocycles. The van der Waals surface area contributed by atoms with Crippen molar-refractivity contribution in [1.82, 2.24) is 10.3 Å². The van der Waals surface area contributed by atoms with Crippen LogP contribution in [0.2, 0.25) is 0 Å². The molecule has 15 heavy (non-hydrogen) atoms. The van der Waals surface area contributed by atoms with E-state index in [1.165, 1.54) is 5.56 Å². The second kappa shape index (κ2) is 7.03. The molecule has 0 amide bonds. The summed E-state index contributed by atoms with van der Waals surface area (Å²) in [6, 6.07) is 4.60. The predicted molar refractivity (Wildman–Crippen MR) is 63.5 cm³/mol. The Labute approximate surface area is 92.1 Å². The van der Waals surface area contributed by atoms with Gasteiger partial charge in [0.05, 0.1) is 0 Å². The van der Waals surface area contributed by atoms with Gasteiger partial charge in [0.2, 0.25) is 0 Å². The molecule has 0 aromatic carbocycles. The zero-order valence-electron chi connectivity index (χ0n) is 9.24. The Morgan fingerprint density at radius 3 is 3.00 bits per heavy atom. The minimum Gasteiger partial charge on any atom is -0.317 e. The van der Waals surface area contributed by atoms with E-state index in [2.05, 4.69) is 22.3 Å². The molecular formula is C13H18N2. The number of terminal acetylenes is 1. The normalized spacial score (nSPS) is 12.0. The molecule has 80 valence electrons. The van der Waals surface area contributed by atoms with Gasteiger partial charge in [-0.3, -0.25) is 4.98 Å². The molecule has 1 heterocycles. The quantitative estimate of drug-likeness (QED) is 0.714. The van der Waals surface area contributed by atoms with E-state index in [4.69, 9.17) is 6.42 Å². The van der Waals surface area contributed by atoms with Crippen molar-refractivity contribution in [3.8, 4) is 12.3 Å². The molecule has 0 radical (unpaired) electrons. The van der Waals surface area contributed by atoms with Gasteiger partial charge < -0.3 is 5.32 Å². The number of pyridine rings is 1. The lowest BCUT2D eigenvalue weighted by Crippen LogP contribution is -2.25. The number of aromatic nitrogens is 1. The maximum atomic E-state index is 5.25. The fraction of sp³-hybridized carbons (Fsp3) is 0.462. The number of nitrogens with one attached hydrogen (secondary N) is 1. The van der Waals surface area contributed by atoms with Gasteiger partial charge in [-0.1, -0.05) is 6.07 Å². The van der Waals surface area contributed by atoms with E-state index in [0.717, 1.165) is 25.7 Å². The van der Waals surface area contributed by atoms with Crippen LogP contribution in [0.25, 0.3) is 0 Å². The molecule has 1 aromatic rings. The monoisotopic (exact) mass is 202 g/mol. The highest BCUT2D eigenvalue weighted by Crippen LogP contribution is 2.07. The van der Waals surface area contributed by atoms with Crippen LogP contribution in [0, 0.1) is 12.3 Å². The lowest BCUT2D eigenvalue weighted by Gasteiger charge is -2.14. The van der Waals surface area contributed by atoms with Gasteiger partial charge in [-0.2, -0.15) is 0 Å². The van der Waals surface area contributed by atoms with Gasteiger partial charge in [0.15, 0.2) is 0 Å². The summed E-state index contributed by atoms with van der Waals surface area (Å²) < 4.78 is 0. The number of hydrogen-bond donors (Lipinski definition) is 1. The average molecular weight is 202 g/mol. The molecule has 0 bridgehead atoms. The predicted octanol–water partition coefficient (Wildman–Crippen LogP) is 2.02. The third-order valence-electron chi connectivity index (χ3n) is 2.55. The fourth-order valence-electron chi connectivity index (χ4n) is 1.58. The summed E-state index contributed by atoms with van der Waals surface area (Å²) in [6.45, 7) is 0. The van der Waals surface area contributed by atoms with Crippen LogP contribution in [-0.2, 0) is 6.42 Å². The van der Waals surface area contributed by atoms with E-state index in [1.54, 1.807) is 6.20 Å². The first-order chi connectivity index (χ1) is 7.36. The standard InChI is InChI=1S/C13H18N2/c1-3-4-7-13(14-2)9-8-12-6-5-10-15-11-12/h1,5-6,10-11,13-14H,4,7-9H2,2H3. The summed E-state index contributed by atoms with van der Waals surface area (Å²) in [5, 5.41) is 3.29. The fourth-order valence-corrected chi connectivity index (χ4v) is 1.58. The van der Waals surface area contributed by atoms with Crippen LogP contribution in [-0.4, -0.2) is 18.1 Å². The van der Waals surface area contributed by atoms with E-state index in [0.29, 0.717) is 6.04 Å². The highest BCUT2D eigenvalue weighted by atomic mass is 14.9. The Bertz CT molecular complexity index is 300. The Kier molecular flexibility index (Phi) is 5.50. The van der Waals surface area contributed by atoms with Crippen molar-refractivity contribution in [2.24, 2.45) is 0 Å². The molecule has 0 fully saturated rings. The molecule has 0 aliphatic carbocycles. The van der Waals surface area contributed by atoms with Crippen LogP contribution >= 0.6 is 0 Å². The van der Waals surface area contributed by atoms with E-state index < -0.39 is 0 Å². The Hall–Kier alpha value is -1.33. The van der Waals surface area contributed by atoms with Crippen molar-refractivity contribution in [3.63, 3.8) is 0 Å². The molecule has 1 N–H and O–H groups in total. The summed E-state index contributed by atoms with van der Waals surface area (Å²) in [6.07, 6.45) is 13.0. The first-order valence-electron chi connectivity index (χ1n) is 5.36. The topological polar surface area (TPSA) is 24.9 Å². The largest absolute Gasteiger partial charge is 0.317 e. The minimum atomic E-state index is 0.515. The molecular weight excluding hydrogens is 184 g/mol. The highest BCUT2D eigenvalue weighted by Gasteiger charge is 2.04. The van der Waals surface area contributed by atoms with Crippen molar-refractivity contribution in [2.45, 2.75) is 31.7 Å². The van der Waals surface area contributed by atoms with Crippen LogP contribution in [0.1, 0.15) is 24.8 Å². The van der Waals surface area contributed by atoms with Gasteiger partial charge in [-0.05, 0) is 37.9 Å². The summed E-state index contributed by atoms with van der Waals surface area (Å²) in [7, 11) is 1.99. The van der Waals surface area contributed by atoms with Crippen LogP contribution in [0.4, 0.5) is 0 Å². The SMILES string of the molecule is C#CCCC(CCc1cccnc1)NC. The second-order valence-corrected chi connectivity index (χ2v) is 3.63. The molecule has 1 rings (SSSR count). The van der Waals surface area contributed by atoms with Gasteiger partial charge in [0, 0.05) is 24.9 Å². The van der Waals surface area contributed by atoms with Gasteiger partial charge in [-0.25, -0.2) is 0 Å². The van der Waals surface area contributed by atoms with Crippen molar-refractivity contribution in [1.29, 1.82) is 0 Å². The summed E-state index contributed by atoms with van der Waals surface area (Å²) in [5.74, 6) is 2.68. The molecule has 2 heteroatoms. The Balaban J connectivity index is 2.31. The first kappa shape index (κ1) is 11.7. The number of aryl methyl sites for hydroxylation is 1. The second-order valence-electron chi connectivity index (χ2n) is 3.63. The molecule has 0 aliphatic rings. The van der Waals surface area contributed by atoms with Gasteiger partial charge in [0.25, 0.3) is 0 Å². The molecule has 1 unspecified atom stereocenters. The van der Waals surface area contributed by atoms with Crippen molar-refractivity contribution in [2.75, 3.05) is 7.05 Å². The van der Waals surface area contributed by atoms with Crippen LogP contribution in [0.5, 0.6) is 0 Å². The summed E-state index contributed by atoms with van der Waals surface area (Å²) >= 11 is 0. The molecule has 1 aromatic heterocycles. The number of nitrogens with zero attached hydrogens (tertiary/aromatic N) is 1. The molecule has 1 atom stereocenters. The third kappa shape index (κ3) is 4.62. The van der Waals surface area contributed by atoms with Crippen molar-refractivity contribution < 1.29 is 0 Å². The van der Waals surface area contributed by atoms with E-state index in [-0.39, 0.29) is 0 Å². The number of hydrogen-bond acceptors (Lipinski definition) is 2. The van der Waals surface area contributed by atoms with Crippen molar-refractivity contribution >= 4 is 0 Å². The van der Waals surface area contributed by atoms with Gasteiger partial charge >= 0.3 is 0 Å². The van der Waals surface area contributed by atoms with Crippen LogP contribution in [0.15, 0.2) is 24.5 Å². The van der Waals surface area contributed by atoms with Crippen molar-refractivity contribution in [3.05, 3.63) is 30.1 Å². The Morgan fingerprint density at radius 1 is 1.53 bits per heavy atom. The smallest absolute Gasteiger partial charge is 0.0299 e. The van der Waals surface area contributed by atoms with Gasteiger partial charge in [-0.15, -0.1) is 12.3 Å². The zero-order chi connectivity index (χ0) is 10.9. The molecule has 0 aliphatic heterocycles. The van der Waals surface area contributed by atoms with Gasteiger partial charge in [0.1, 0.15) is 0 Å². The summed E-state index contributed by atoms with van der Waals surface area (Å²) in [5.41, 5.74) is 1.29. The maximum Gasteiger partial charge on any atom is 0.0299 e. The van der Waals surface area contributed by atoms with E-state index in [9.17, 15) is 0 Å². The lowest BCUT2D eigenvalue weighted by atomic mass is 10.0. The molecule has 0 spiro atoms. The zero-order valence-corrected chi connectivity index (χ0v) is 9.24. The highest BCUT2D eigenvalue weighted by molar-refractivity contribution is 5.08. The van der Waals surface area contributed by atoms with E-state index >= 15 is 0 Å². The molecule has 2 nitrogen and oxygen atoms in total. The Morgan fingerprint density at radius 2 is 2.40 bits per heavy atom. The minimum absolute atomic E-state index is 0.515. The first-order valence-corrected chi connectivity index (χ1v) is 5.36. The number of rotatable bonds is 6. The average Bonchev–Trinajstić information content (AvgIpc) is 2.31. The van der Waals surface area contributed by atoms with E-state index in [1.807, 2.05) is 19.3 Å². The van der Waals surface area contributed by atoms with Crippen LogP contribution < -0.4 is 5.32 Å². The lowest BCUT2D eigenvalue weighted by molar-refractivity contribution is 0.495. The maximum absolute atomic E-state index is 5.25. The molecule has 0 saturated carbocycles. The van der Waals surface area contributed by atoms with Crippen LogP contribution in [0.3, 0.4) is 0 Å². The third-order valence-corrected chi connectivity index (χ3v) is 2.55. The summed E-state index contributed by atoms with van der Waals surface area (Å²) in [4.78, 5) is 4.10.